The smallest absolute Gasteiger partial charge is 0.338 e. The average molecular weight is 606 g/mol. The van der Waals surface area contributed by atoms with Crippen molar-refractivity contribution in [1.82, 2.24) is 5.43 Å². The summed E-state index contributed by atoms with van der Waals surface area (Å²) in [7, 11) is -1.25. The van der Waals surface area contributed by atoms with E-state index in [2.05, 4.69) is 10.5 Å². The van der Waals surface area contributed by atoms with Gasteiger partial charge in [0.2, 0.25) is 0 Å². The van der Waals surface area contributed by atoms with E-state index >= 15 is 0 Å². The van der Waals surface area contributed by atoms with Gasteiger partial charge in [0.05, 0.1) is 43.2 Å². The number of hydrazone groups is 1. The first kappa shape index (κ1) is 30.8. The summed E-state index contributed by atoms with van der Waals surface area (Å²) >= 11 is 0. The molecule has 3 aromatic carbocycles. The van der Waals surface area contributed by atoms with Gasteiger partial charge in [0, 0.05) is 11.6 Å². The number of rotatable bonds is 12. The van der Waals surface area contributed by atoms with Crippen LogP contribution >= 0.6 is 0 Å². The molecule has 43 heavy (non-hydrogen) atoms. The van der Waals surface area contributed by atoms with Crippen molar-refractivity contribution >= 4 is 33.8 Å². The van der Waals surface area contributed by atoms with E-state index in [9.17, 15) is 18.0 Å². The van der Waals surface area contributed by atoms with Gasteiger partial charge in [-0.25, -0.2) is 18.6 Å². The summed E-state index contributed by atoms with van der Waals surface area (Å²) in [6.07, 6.45) is 1.30. The molecule has 12 heteroatoms. The molecule has 0 radical (unpaired) electrons. The molecule has 11 nitrogen and oxygen atoms in total. The van der Waals surface area contributed by atoms with Crippen molar-refractivity contribution in [3.8, 4) is 22.8 Å². The fourth-order valence-corrected chi connectivity index (χ4v) is 5.44. The molecule has 0 bridgehead atoms. The lowest BCUT2D eigenvalue weighted by atomic mass is 10.1. The van der Waals surface area contributed by atoms with Crippen molar-refractivity contribution < 1.29 is 36.6 Å². The molecular formula is C31H31N3O8S. The summed E-state index contributed by atoms with van der Waals surface area (Å²) in [5, 5.41) is 3.93. The molecule has 1 N–H and O–H groups in total. The fraction of sp³-hybridized carbons (Fsp3) is 0.194. The van der Waals surface area contributed by atoms with Gasteiger partial charge in [0.25, 0.3) is 15.9 Å². The number of aryl methyl sites for hydroxylation is 1. The highest BCUT2D eigenvalue weighted by Crippen LogP contribution is 2.33. The normalized spacial score (nSPS) is 11.3. The zero-order valence-corrected chi connectivity index (χ0v) is 24.9. The van der Waals surface area contributed by atoms with Crippen molar-refractivity contribution in [2.75, 3.05) is 31.7 Å². The van der Waals surface area contributed by atoms with Crippen LogP contribution in [0, 0.1) is 6.92 Å². The van der Waals surface area contributed by atoms with Crippen molar-refractivity contribution in [2.45, 2.75) is 18.7 Å². The first-order chi connectivity index (χ1) is 20.7. The number of hydrogen-bond donors (Lipinski definition) is 1. The molecule has 0 fully saturated rings. The molecule has 4 rings (SSSR count). The maximum Gasteiger partial charge on any atom is 0.338 e. The van der Waals surface area contributed by atoms with Crippen LogP contribution in [0.25, 0.3) is 11.3 Å². The number of hydrogen-bond acceptors (Lipinski definition) is 9. The molecule has 1 aromatic heterocycles. The Morgan fingerprint density at radius 2 is 1.63 bits per heavy atom. The number of carbonyl (C=O) groups excluding carboxylic acids is 2. The van der Waals surface area contributed by atoms with Crippen LogP contribution in [0.5, 0.6) is 11.5 Å². The van der Waals surface area contributed by atoms with Crippen molar-refractivity contribution in [3.05, 3.63) is 95.7 Å². The minimum absolute atomic E-state index is 0.0163. The second-order valence-corrected chi connectivity index (χ2v) is 11.0. The zero-order chi connectivity index (χ0) is 31.0. The van der Waals surface area contributed by atoms with Gasteiger partial charge in [-0.1, -0.05) is 29.8 Å². The maximum atomic E-state index is 13.7. The monoisotopic (exact) mass is 605 g/mol. The Labute approximate surface area is 249 Å². The maximum absolute atomic E-state index is 13.7. The van der Waals surface area contributed by atoms with Gasteiger partial charge in [-0.2, -0.15) is 5.10 Å². The van der Waals surface area contributed by atoms with E-state index < -0.39 is 28.4 Å². The Hall–Kier alpha value is -5.10. The molecule has 4 aromatic rings. The summed E-state index contributed by atoms with van der Waals surface area (Å²) in [5.41, 5.74) is 4.59. The van der Waals surface area contributed by atoms with Crippen molar-refractivity contribution in [1.29, 1.82) is 0 Å². The quantitative estimate of drug-likeness (QED) is 0.138. The Balaban J connectivity index is 1.50. The second kappa shape index (κ2) is 13.7. The van der Waals surface area contributed by atoms with Gasteiger partial charge in [-0.3, -0.25) is 9.10 Å². The van der Waals surface area contributed by atoms with Crippen LogP contribution in [0.15, 0.2) is 93.3 Å². The lowest BCUT2D eigenvalue weighted by molar-refractivity contribution is -0.119. The van der Waals surface area contributed by atoms with Gasteiger partial charge < -0.3 is 18.6 Å². The Kier molecular flexibility index (Phi) is 9.83. The fourth-order valence-electron chi connectivity index (χ4n) is 4.03. The van der Waals surface area contributed by atoms with Gasteiger partial charge in [0.15, 0.2) is 11.5 Å². The minimum Gasteiger partial charge on any atom is -0.493 e. The first-order valence-electron chi connectivity index (χ1n) is 13.2. The summed E-state index contributed by atoms with van der Waals surface area (Å²) in [5.74, 6) is 0.463. The molecule has 0 atom stereocenters. The first-order valence-corrected chi connectivity index (χ1v) is 14.6. The van der Waals surface area contributed by atoms with Gasteiger partial charge in [-0.05, 0) is 62.4 Å². The summed E-state index contributed by atoms with van der Waals surface area (Å²) in [4.78, 5) is 24.8. The highest BCUT2D eigenvalue weighted by atomic mass is 32.2. The predicted octanol–water partition coefficient (Wildman–Crippen LogP) is 4.79. The highest BCUT2D eigenvalue weighted by molar-refractivity contribution is 7.92. The average Bonchev–Trinajstić information content (AvgIpc) is 3.49. The number of ether oxygens (including phenoxy) is 3. The summed E-state index contributed by atoms with van der Waals surface area (Å²) < 4.78 is 49.6. The Morgan fingerprint density at radius 3 is 2.28 bits per heavy atom. The number of nitrogens with zero attached hydrogens (tertiary/aromatic N) is 2. The van der Waals surface area contributed by atoms with Gasteiger partial charge in [-0.15, -0.1) is 0 Å². The third kappa shape index (κ3) is 7.41. The van der Waals surface area contributed by atoms with Crippen molar-refractivity contribution in [2.24, 2.45) is 5.10 Å². The van der Waals surface area contributed by atoms with Gasteiger partial charge >= 0.3 is 5.97 Å². The molecule has 0 saturated heterocycles. The lowest BCUT2D eigenvalue weighted by Gasteiger charge is -2.24. The van der Waals surface area contributed by atoms with Crippen LogP contribution in [-0.2, 0) is 19.6 Å². The molecule has 0 aliphatic rings. The van der Waals surface area contributed by atoms with Crippen LogP contribution in [0.3, 0.4) is 0 Å². The minimum atomic E-state index is -4.15. The van der Waals surface area contributed by atoms with E-state index in [1.807, 2.05) is 6.92 Å². The summed E-state index contributed by atoms with van der Waals surface area (Å²) in [6.45, 7) is 3.30. The van der Waals surface area contributed by atoms with E-state index in [4.69, 9.17) is 18.6 Å². The lowest BCUT2D eigenvalue weighted by Crippen LogP contribution is -2.39. The van der Waals surface area contributed by atoms with Crippen LogP contribution in [0.2, 0.25) is 0 Å². The number of sulfonamides is 1. The molecule has 0 aliphatic carbocycles. The molecule has 1 heterocycles. The van der Waals surface area contributed by atoms with Crippen LogP contribution in [-0.4, -0.2) is 53.9 Å². The number of methoxy groups -OCH3 is 2. The highest BCUT2D eigenvalue weighted by Gasteiger charge is 2.28. The van der Waals surface area contributed by atoms with Crippen LogP contribution in [0.1, 0.15) is 28.6 Å². The Bertz CT molecular complexity index is 1710. The molecule has 224 valence electrons. The number of esters is 1. The molecule has 0 saturated carbocycles. The van der Waals surface area contributed by atoms with Gasteiger partial charge in [0.1, 0.15) is 18.1 Å². The molecule has 1 amide bonds. The molecule has 0 aliphatic heterocycles. The van der Waals surface area contributed by atoms with E-state index in [0.29, 0.717) is 28.6 Å². The number of amides is 1. The zero-order valence-electron chi connectivity index (χ0n) is 24.1. The predicted molar refractivity (Wildman–Crippen MR) is 161 cm³/mol. The molecule has 0 unspecified atom stereocenters. The standard InChI is InChI=1S/C31H31N3O8S/c1-5-41-31(36)23-10-8-22(9-11-23)27-17-13-25(42-27)19-32-33-30(35)20-34(24-12-16-28(39-3)29(18-24)40-4)43(37,38)26-14-6-21(2)7-15-26/h6-19H,5,20H2,1-4H3,(H,33,35)/b32-19+. The van der Waals surface area contributed by atoms with Crippen LogP contribution < -0.4 is 19.2 Å². The number of anilines is 1. The van der Waals surface area contributed by atoms with Crippen LogP contribution in [0.4, 0.5) is 5.69 Å². The SMILES string of the molecule is CCOC(=O)c1ccc(-c2ccc(/C=N/NC(=O)CN(c3ccc(OC)c(OC)c3)S(=O)(=O)c3ccc(C)cc3)o2)cc1. The largest absolute Gasteiger partial charge is 0.493 e. The molecule has 0 spiro atoms. The van der Waals surface area contributed by atoms with E-state index in [-0.39, 0.29) is 17.2 Å². The van der Waals surface area contributed by atoms with E-state index in [1.165, 1.54) is 44.7 Å². The Morgan fingerprint density at radius 1 is 0.930 bits per heavy atom. The third-order valence-electron chi connectivity index (χ3n) is 6.24. The topological polar surface area (TPSA) is 137 Å². The second-order valence-electron chi connectivity index (χ2n) is 9.16. The number of benzene rings is 3. The number of nitrogens with one attached hydrogen (secondary N) is 1. The summed E-state index contributed by atoms with van der Waals surface area (Å²) in [6, 6.07) is 21.0. The van der Waals surface area contributed by atoms with E-state index in [1.54, 1.807) is 61.5 Å². The van der Waals surface area contributed by atoms with E-state index in [0.717, 1.165) is 15.4 Å². The molecular weight excluding hydrogens is 574 g/mol. The third-order valence-corrected chi connectivity index (χ3v) is 8.03. The number of furan rings is 1. The number of carbonyl (C=O) groups is 2. The van der Waals surface area contributed by atoms with Crippen molar-refractivity contribution in [3.63, 3.8) is 0 Å².